The van der Waals surface area contributed by atoms with Crippen LogP contribution in [0, 0.1) is 12.7 Å². The van der Waals surface area contributed by atoms with E-state index in [2.05, 4.69) is 4.72 Å². The molecule has 2 N–H and O–H groups in total. The van der Waals surface area contributed by atoms with Gasteiger partial charge in [-0.25, -0.2) is 17.5 Å². The Morgan fingerprint density at radius 1 is 1.47 bits per heavy atom. The molecule has 6 heteroatoms. The summed E-state index contributed by atoms with van der Waals surface area (Å²) in [5.41, 5.74) is 0.396. The fourth-order valence-electron chi connectivity index (χ4n) is 1.23. The van der Waals surface area contributed by atoms with Crippen molar-refractivity contribution in [1.82, 2.24) is 4.72 Å². The number of rotatable bonds is 5. The van der Waals surface area contributed by atoms with E-state index >= 15 is 0 Å². The lowest BCUT2D eigenvalue weighted by atomic mass is 10.2. The van der Waals surface area contributed by atoms with Crippen LogP contribution in [0.2, 0.25) is 0 Å². The van der Waals surface area contributed by atoms with Crippen molar-refractivity contribution in [3.63, 3.8) is 0 Å². The van der Waals surface area contributed by atoms with Gasteiger partial charge in [-0.05, 0) is 38.0 Å². The van der Waals surface area contributed by atoms with Gasteiger partial charge in [0.1, 0.15) is 5.82 Å². The average molecular weight is 261 g/mol. The molecule has 0 heterocycles. The zero-order valence-corrected chi connectivity index (χ0v) is 10.6. The second-order valence-electron chi connectivity index (χ2n) is 3.95. The maximum atomic E-state index is 13.2. The van der Waals surface area contributed by atoms with Crippen molar-refractivity contribution in [2.75, 3.05) is 6.54 Å². The smallest absolute Gasteiger partial charge is 0.240 e. The first kappa shape index (κ1) is 14.1. The summed E-state index contributed by atoms with van der Waals surface area (Å²) in [6.45, 7) is 3.25. The van der Waals surface area contributed by atoms with Crippen molar-refractivity contribution in [3.8, 4) is 0 Å². The zero-order chi connectivity index (χ0) is 13.1. The van der Waals surface area contributed by atoms with Crippen LogP contribution in [0.3, 0.4) is 0 Å². The molecular formula is C11H16FNO3S. The second kappa shape index (κ2) is 5.57. The van der Waals surface area contributed by atoms with Crippen LogP contribution in [0.15, 0.2) is 23.1 Å². The molecule has 0 amide bonds. The van der Waals surface area contributed by atoms with Crippen molar-refractivity contribution >= 4 is 10.0 Å². The molecular weight excluding hydrogens is 245 g/mol. The lowest BCUT2D eigenvalue weighted by Crippen LogP contribution is -2.26. The molecule has 4 nitrogen and oxygen atoms in total. The van der Waals surface area contributed by atoms with Gasteiger partial charge in [0.2, 0.25) is 10.0 Å². The van der Waals surface area contributed by atoms with Crippen LogP contribution < -0.4 is 4.72 Å². The van der Waals surface area contributed by atoms with E-state index in [1.54, 1.807) is 13.8 Å². The number of nitrogens with one attached hydrogen (secondary N) is 1. The molecule has 0 aliphatic carbocycles. The maximum Gasteiger partial charge on any atom is 0.240 e. The Hall–Kier alpha value is -0.980. The normalized spacial score (nSPS) is 13.6. The molecule has 0 aromatic heterocycles. The molecule has 1 unspecified atom stereocenters. The number of aliphatic hydroxyl groups excluding tert-OH is 1. The van der Waals surface area contributed by atoms with E-state index in [4.69, 9.17) is 5.11 Å². The Bertz CT molecular complexity index is 485. The predicted octanol–water partition coefficient (Wildman–Crippen LogP) is 1.18. The summed E-state index contributed by atoms with van der Waals surface area (Å²) in [5, 5.41) is 9.01. The Balaban J connectivity index is 2.79. The van der Waals surface area contributed by atoms with Crippen molar-refractivity contribution < 1.29 is 17.9 Å². The van der Waals surface area contributed by atoms with E-state index < -0.39 is 21.9 Å². The van der Waals surface area contributed by atoms with Gasteiger partial charge in [-0.3, -0.25) is 0 Å². The first-order chi connectivity index (χ1) is 7.83. The van der Waals surface area contributed by atoms with Gasteiger partial charge in [0.05, 0.1) is 11.0 Å². The summed E-state index contributed by atoms with van der Waals surface area (Å²) < 4.78 is 39.0. The molecule has 1 rings (SSSR count). The number of benzene rings is 1. The minimum absolute atomic E-state index is 0.105. The van der Waals surface area contributed by atoms with Gasteiger partial charge in [-0.15, -0.1) is 0 Å². The largest absolute Gasteiger partial charge is 0.393 e. The van der Waals surface area contributed by atoms with E-state index in [9.17, 15) is 12.8 Å². The Morgan fingerprint density at radius 2 is 2.12 bits per heavy atom. The van der Waals surface area contributed by atoms with Crippen molar-refractivity contribution in [2.24, 2.45) is 0 Å². The van der Waals surface area contributed by atoms with Gasteiger partial charge in [-0.2, -0.15) is 0 Å². The topological polar surface area (TPSA) is 66.4 Å². The molecule has 1 atom stereocenters. The molecule has 0 spiro atoms. The summed E-state index contributed by atoms with van der Waals surface area (Å²) in [5.74, 6) is -0.552. The monoisotopic (exact) mass is 261 g/mol. The SMILES string of the molecule is Cc1ccc(S(=O)(=O)NCCC(C)O)cc1F. The van der Waals surface area contributed by atoms with Crippen LogP contribution in [0.1, 0.15) is 18.9 Å². The highest BCUT2D eigenvalue weighted by Crippen LogP contribution is 2.13. The van der Waals surface area contributed by atoms with Crippen LogP contribution in [-0.4, -0.2) is 26.2 Å². The van der Waals surface area contributed by atoms with E-state index in [0.29, 0.717) is 12.0 Å². The molecule has 1 aromatic carbocycles. The molecule has 0 aliphatic rings. The van der Waals surface area contributed by atoms with Crippen LogP contribution in [-0.2, 0) is 10.0 Å². The van der Waals surface area contributed by atoms with E-state index in [1.165, 1.54) is 12.1 Å². The second-order valence-corrected chi connectivity index (χ2v) is 5.71. The number of aliphatic hydroxyl groups is 1. The van der Waals surface area contributed by atoms with E-state index in [1.807, 2.05) is 0 Å². The fraction of sp³-hybridized carbons (Fsp3) is 0.455. The Morgan fingerprint density at radius 3 is 2.65 bits per heavy atom. The van der Waals surface area contributed by atoms with E-state index in [0.717, 1.165) is 6.07 Å². The minimum Gasteiger partial charge on any atom is -0.393 e. The molecule has 0 saturated carbocycles. The molecule has 1 aromatic rings. The van der Waals surface area contributed by atoms with Gasteiger partial charge >= 0.3 is 0 Å². The third-order valence-corrected chi connectivity index (χ3v) is 3.77. The van der Waals surface area contributed by atoms with Gasteiger partial charge in [0.25, 0.3) is 0 Å². The van der Waals surface area contributed by atoms with Crippen LogP contribution in [0.4, 0.5) is 4.39 Å². The van der Waals surface area contributed by atoms with Gasteiger partial charge < -0.3 is 5.11 Å². The summed E-state index contributed by atoms with van der Waals surface area (Å²) in [6, 6.07) is 3.75. The molecule has 17 heavy (non-hydrogen) atoms. The molecule has 96 valence electrons. The molecule has 0 fully saturated rings. The summed E-state index contributed by atoms with van der Waals surface area (Å²) in [6.07, 6.45) is -0.263. The van der Waals surface area contributed by atoms with Gasteiger partial charge in [0, 0.05) is 6.54 Å². The number of hydrogen-bond acceptors (Lipinski definition) is 3. The summed E-state index contributed by atoms with van der Waals surface area (Å²) >= 11 is 0. The number of aryl methyl sites for hydroxylation is 1. The van der Waals surface area contributed by atoms with E-state index in [-0.39, 0.29) is 11.4 Å². The van der Waals surface area contributed by atoms with Crippen LogP contribution >= 0.6 is 0 Å². The highest BCUT2D eigenvalue weighted by atomic mass is 32.2. The minimum atomic E-state index is -3.70. The number of hydrogen-bond donors (Lipinski definition) is 2. The molecule has 0 aliphatic heterocycles. The quantitative estimate of drug-likeness (QED) is 0.836. The lowest BCUT2D eigenvalue weighted by molar-refractivity contribution is 0.186. The maximum absolute atomic E-state index is 13.2. The van der Waals surface area contributed by atoms with Crippen molar-refractivity contribution in [2.45, 2.75) is 31.3 Å². The lowest BCUT2D eigenvalue weighted by Gasteiger charge is -2.08. The standard InChI is InChI=1S/C11H16FNO3S/c1-8-3-4-10(7-11(8)12)17(15,16)13-6-5-9(2)14/h3-4,7,9,13-14H,5-6H2,1-2H3. The van der Waals surface area contributed by atoms with Crippen LogP contribution in [0.25, 0.3) is 0 Å². The van der Waals surface area contributed by atoms with Crippen molar-refractivity contribution in [3.05, 3.63) is 29.6 Å². The number of sulfonamides is 1. The Kier molecular flexibility index (Phi) is 4.62. The highest BCUT2D eigenvalue weighted by molar-refractivity contribution is 7.89. The predicted molar refractivity (Wildman–Crippen MR) is 62.6 cm³/mol. The molecule has 0 saturated heterocycles. The summed E-state index contributed by atoms with van der Waals surface area (Å²) in [7, 11) is -3.70. The average Bonchev–Trinajstić information content (AvgIpc) is 2.21. The van der Waals surface area contributed by atoms with Crippen LogP contribution in [0.5, 0.6) is 0 Å². The fourth-order valence-corrected chi connectivity index (χ4v) is 2.29. The van der Waals surface area contributed by atoms with Crippen molar-refractivity contribution in [1.29, 1.82) is 0 Å². The first-order valence-corrected chi connectivity index (χ1v) is 6.75. The highest BCUT2D eigenvalue weighted by Gasteiger charge is 2.15. The van der Waals surface area contributed by atoms with Gasteiger partial charge in [-0.1, -0.05) is 6.07 Å². The molecule has 0 bridgehead atoms. The Labute approximate surface area is 101 Å². The van der Waals surface area contributed by atoms with Gasteiger partial charge in [0.15, 0.2) is 0 Å². The first-order valence-electron chi connectivity index (χ1n) is 5.27. The third kappa shape index (κ3) is 4.07. The molecule has 0 radical (unpaired) electrons. The zero-order valence-electron chi connectivity index (χ0n) is 9.77. The third-order valence-electron chi connectivity index (χ3n) is 2.31. The number of halogens is 1. The summed E-state index contributed by atoms with van der Waals surface area (Å²) in [4.78, 5) is -0.105.